The van der Waals surface area contributed by atoms with Gasteiger partial charge in [0.1, 0.15) is 11.2 Å². The Morgan fingerprint density at radius 3 is 2.82 bits per heavy atom. The van der Waals surface area contributed by atoms with Crippen molar-refractivity contribution >= 4 is 21.9 Å². The summed E-state index contributed by atoms with van der Waals surface area (Å²) in [6, 6.07) is 5.69. The zero-order valence-corrected chi connectivity index (χ0v) is 9.74. The lowest BCUT2D eigenvalue weighted by molar-refractivity contribution is 0.548. The highest BCUT2D eigenvalue weighted by Crippen LogP contribution is 2.26. The van der Waals surface area contributed by atoms with E-state index < -0.39 is 0 Å². The monoisotopic (exact) mass is 228 g/mol. The molecule has 0 fully saturated rings. The van der Waals surface area contributed by atoms with Crippen LogP contribution in [0.4, 0.5) is 0 Å². The van der Waals surface area contributed by atoms with Gasteiger partial charge in [0.2, 0.25) is 0 Å². The van der Waals surface area contributed by atoms with Gasteiger partial charge < -0.3 is 8.83 Å². The molecule has 0 amide bonds. The predicted molar refractivity (Wildman–Crippen MR) is 66.4 cm³/mol. The van der Waals surface area contributed by atoms with Gasteiger partial charge in [0.25, 0.3) is 0 Å². The van der Waals surface area contributed by atoms with Crippen LogP contribution in [-0.2, 0) is 6.42 Å². The molecule has 0 atom stereocenters. The van der Waals surface area contributed by atoms with Crippen LogP contribution >= 0.6 is 0 Å². The van der Waals surface area contributed by atoms with Crippen LogP contribution < -0.4 is 5.63 Å². The molecular weight excluding hydrogens is 216 g/mol. The SMILES string of the molecule is CCc1c(C)c2cc3ccoc3cc2oc1=O. The average Bonchev–Trinajstić information content (AvgIpc) is 2.74. The molecule has 0 N–H and O–H groups in total. The number of aryl methyl sites for hydroxylation is 1. The van der Waals surface area contributed by atoms with Crippen molar-refractivity contribution < 1.29 is 8.83 Å². The first kappa shape index (κ1) is 10.1. The Labute approximate surface area is 97.7 Å². The molecule has 0 spiro atoms. The highest BCUT2D eigenvalue weighted by Gasteiger charge is 2.11. The standard InChI is InChI=1S/C14H12O3/c1-3-10-8(2)11-6-9-4-5-16-12(9)7-13(11)17-14(10)15/h4-7H,3H2,1-2H3. The Morgan fingerprint density at radius 1 is 1.24 bits per heavy atom. The summed E-state index contributed by atoms with van der Waals surface area (Å²) >= 11 is 0. The van der Waals surface area contributed by atoms with Crippen LogP contribution in [0.15, 0.2) is 38.1 Å². The normalized spacial score (nSPS) is 11.4. The Kier molecular flexibility index (Phi) is 2.08. The molecule has 3 nitrogen and oxygen atoms in total. The molecule has 1 aromatic carbocycles. The second-order valence-electron chi connectivity index (χ2n) is 4.15. The summed E-state index contributed by atoms with van der Waals surface area (Å²) in [7, 11) is 0. The van der Waals surface area contributed by atoms with Crippen molar-refractivity contribution in [2.24, 2.45) is 0 Å². The fraction of sp³-hybridized carbons (Fsp3) is 0.214. The van der Waals surface area contributed by atoms with E-state index in [0.717, 1.165) is 27.5 Å². The van der Waals surface area contributed by atoms with Gasteiger partial charge in [-0.2, -0.15) is 0 Å². The zero-order chi connectivity index (χ0) is 12.0. The van der Waals surface area contributed by atoms with Gasteiger partial charge in [-0.3, -0.25) is 0 Å². The van der Waals surface area contributed by atoms with Crippen LogP contribution in [-0.4, -0.2) is 0 Å². The van der Waals surface area contributed by atoms with Crippen molar-refractivity contribution in [1.82, 2.24) is 0 Å². The summed E-state index contributed by atoms with van der Waals surface area (Å²) in [5.41, 5.74) is 2.84. The van der Waals surface area contributed by atoms with Gasteiger partial charge in [-0.05, 0) is 31.0 Å². The molecule has 0 unspecified atom stereocenters. The van der Waals surface area contributed by atoms with Gasteiger partial charge in [-0.15, -0.1) is 0 Å². The van der Waals surface area contributed by atoms with E-state index in [0.29, 0.717) is 12.0 Å². The summed E-state index contributed by atoms with van der Waals surface area (Å²) in [6.45, 7) is 3.92. The molecule has 86 valence electrons. The maximum absolute atomic E-state index is 11.8. The van der Waals surface area contributed by atoms with E-state index in [9.17, 15) is 4.79 Å². The smallest absolute Gasteiger partial charge is 0.339 e. The van der Waals surface area contributed by atoms with Crippen LogP contribution in [0.1, 0.15) is 18.1 Å². The van der Waals surface area contributed by atoms with Gasteiger partial charge in [0.05, 0.1) is 6.26 Å². The molecule has 2 aromatic heterocycles. The van der Waals surface area contributed by atoms with Crippen LogP contribution in [0.5, 0.6) is 0 Å². The van der Waals surface area contributed by atoms with Gasteiger partial charge in [0, 0.05) is 22.4 Å². The van der Waals surface area contributed by atoms with Crippen LogP contribution in [0.3, 0.4) is 0 Å². The molecule has 0 radical (unpaired) electrons. The first-order chi connectivity index (χ1) is 8.20. The molecule has 0 bridgehead atoms. The Morgan fingerprint density at radius 2 is 2.06 bits per heavy atom. The molecular formula is C14H12O3. The second kappa shape index (κ2) is 3.48. The number of benzene rings is 1. The molecule has 3 heteroatoms. The Balaban J connectivity index is 2.52. The lowest BCUT2D eigenvalue weighted by Crippen LogP contribution is -2.08. The molecule has 3 rings (SSSR count). The van der Waals surface area contributed by atoms with E-state index in [1.807, 2.05) is 26.0 Å². The summed E-state index contributed by atoms with van der Waals surface area (Å²) in [6.07, 6.45) is 2.32. The van der Waals surface area contributed by atoms with E-state index in [1.165, 1.54) is 0 Å². The van der Waals surface area contributed by atoms with Gasteiger partial charge in [-0.1, -0.05) is 6.92 Å². The number of hydrogen-bond donors (Lipinski definition) is 0. The number of fused-ring (bicyclic) bond motifs is 2. The van der Waals surface area contributed by atoms with Crippen molar-refractivity contribution in [2.45, 2.75) is 20.3 Å². The minimum Gasteiger partial charge on any atom is -0.464 e. The zero-order valence-electron chi connectivity index (χ0n) is 9.74. The summed E-state index contributed by atoms with van der Waals surface area (Å²) in [5.74, 6) is 0. The van der Waals surface area contributed by atoms with E-state index in [2.05, 4.69) is 0 Å². The number of rotatable bonds is 1. The van der Waals surface area contributed by atoms with Gasteiger partial charge >= 0.3 is 5.63 Å². The third-order valence-electron chi connectivity index (χ3n) is 3.21. The van der Waals surface area contributed by atoms with Crippen molar-refractivity contribution in [3.63, 3.8) is 0 Å². The predicted octanol–water partition coefficient (Wildman–Crippen LogP) is 3.41. The van der Waals surface area contributed by atoms with Gasteiger partial charge in [0.15, 0.2) is 0 Å². The topological polar surface area (TPSA) is 43.4 Å². The van der Waals surface area contributed by atoms with E-state index >= 15 is 0 Å². The number of furan rings is 1. The minimum atomic E-state index is -0.247. The van der Waals surface area contributed by atoms with Crippen molar-refractivity contribution in [2.75, 3.05) is 0 Å². The van der Waals surface area contributed by atoms with E-state index in [1.54, 1.807) is 12.3 Å². The number of hydrogen-bond acceptors (Lipinski definition) is 3. The second-order valence-corrected chi connectivity index (χ2v) is 4.15. The molecule has 17 heavy (non-hydrogen) atoms. The van der Waals surface area contributed by atoms with Crippen LogP contribution in [0.2, 0.25) is 0 Å². The first-order valence-corrected chi connectivity index (χ1v) is 5.64. The van der Waals surface area contributed by atoms with Gasteiger partial charge in [-0.25, -0.2) is 4.79 Å². The highest BCUT2D eigenvalue weighted by molar-refractivity contribution is 5.94. The first-order valence-electron chi connectivity index (χ1n) is 5.64. The largest absolute Gasteiger partial charge is 0.464 e. The summed E-state index contributed by atoms with van der Waals surface area (Å²) < 4.78 is 10.6. The Bertz CT molecular complexity index is 762. The molecule has 0 aliphatic heterocycles. The molecule has 2 heterocycles. The fourth-order valence-corrected chi connectivity index (χ4v) is 2.25. The summed E-state index contributed by atoms with van der Waals surface area (Å²) in [4.78, 5) is 11.8. The molecule has 0 aliphatic rings. The Hall–Kier alpha value is -2.03. The minimum absolute atomic E-state index is 0.247. The molecule has 0 saturated carbocycles. The van der Waals surface area contributed by atoms with E-state index in [4.69, 9.17) is 8.83 Å². The maximum Gasteiger partial charge on any atom is 0.339 e. The maximum atomic E-state index is 11.8. The third kappa shape index (κ3) is 1.39. The average molecular weight is 228 g/mol. The quantitative estimate of drug-likeness (QED) is 0.599. The molecule has 0 saturated heterocycles. The molecule has 0 aliphatic carbocycles. The van der Waals surface area contributed by atoms with Crippen molar-refractivity contribution in [3.05, 3.63) is 46.0 Å². The summed E-state index contributed by atoms with van der Waals surface area (Å²) in [5, 5.41) is 2.01. The molecule has 3 aromatic rings. The van der Waals surface area contributed by atoms with Crippen LogP contribution in [0, 0.1) is 6.92 Å². The van der Waals surface area contributed by atoms with E-state index in [-0.39, 0.29) is 5.63 Å². The fourth-order valence-electron chi connectivity index (χ4n) is 2.25. The van der Waals surface area contributed by atoms with Crippen molar-refractivity contribution in [3.8, 4) is 0 Å². The van der Waals surface area contributed by atoms with Crippen molar-refractivity contribution in [1.29, 1.82) is 0 Å². The highest BCUT2D eigenvalue weighted by atomic mass is 16.4. The third-order valence-corrected chi connectivity index (χ3v) is 3.21. The lowest BCUT2D eigenvalue weighted by Gasteiger charge is -2.05. The van der Waals surface area contributed by atoms with Crippen LogP contribution in [0.25, 0.3) is 21.9 Å². The lowest BCUT2D eigenvalue weighted by atomic mass is 10.0.